The van der Waals surface area contributed by atoms with Crippen LogP contribution in [0.4, 0.5) is 0 Å². The molecule has 0 aliphatic carbocycles. The number of carbonyl (C=O) groups is 1. The smallest absolute Gasteiger partial charge is 0.236 e. The monoisotopic (exact) mass is 344 g/mol. The second kappa shape index (κ2) is 8.24. The highest BCUT2D eigenvalue weighted by Crippen LogP contribution is 2.25. The number of ether oxygens (including phenoxy) is 1. The van der Waals surface area contributed by atoms with Crippen molar-refractivity contribution in [3.63, 3.8) is 0 Å². The number of aliphatic hydroxyl groups is 1. The van der Waals surface area contributed by atoms with Gasteiger partial charge in [0.2, 0.25) is 5.91 Å². The first-order valence-corrected chi connectivity index (χ1v) is 7.17. The molecule has 0 aliphatic heterocycles. The number of aliphatic hydroxyl groups excluding tert-OH is 1. The second-order valence-corrected chi connectivity index (χ2v) is 5.67. The van der Waals surface area contributed by atoms with E-state index in [2.05, 4.69) is 21.2 Å². The van der Waals surface area contributed by atoms with E-state index in [0.29, 0.717) is 12.3 Å². The molecule has 1 rings (SSSR count). The summed E-state index contributed by atoms with van der Waals surface area (Å²) in [5, 5.41) is 12.7. The van der Waals surface area contributed by atoms with Gasteiger partial charge in [-0.15, -0.1) is 0 Å². The molecule has 0 spiro atoms. The Balaban J connectivity index is 2.29. The number of rotatable bonds is 7. The van der Waals surface area contributed by atoms with Crippen LogP contribution in [0, 0.1) is 6.92 Å². The van der Waals surface area contributed by atoms with E-state index < -0.39 is 6.10 Å². The Bertz CT molecular complexity index is 452. The minimum Gasteiger partial charge on any atom is -0.490 e. The number of benzene rings is 1. The molecule has 0 aromatic heterocycles. The zero-order chi connectivity index (χ0) is 15.1. The summed E-state index contributed by atoms with van der Waals surface area (Å²) in [4.78, 5) is 12.8. The number of nitrogens with zero attached hydrogens (tertiary/aromatic N) is 1. The maximum atomic E-state index is 11.3. The topological polar surface area (TPSA) is 61.8 Å². The first-order valence-electron chi connectivity index (χ1n) is 6.38. The standard InChI is InChI=1S/C14H21BrN2O3/c1-10-4-5-13(12(15)6-10)20-9-11(18)7-16-8-14(19)17(2)3/h4-6,11,16,18H,7-9H2,1-3H3. The lowest BCUT2D eigenvalue weighted by Crippen LogP contribution is -2.38. The summed E-state index contributed by atoms with van der Waals surface area (Å²) in [6.07, 6.45) is -0.668. The molecular weight excluding hydrogens is 324 g/mol. The van der Waals surface area contributed by atoms with Gasteiger partial charge in [-0.3, -0.25) is 4.79 Å². The molecule has 1 atom stereocenters. The van der Waals surface area contributed by atoms with Crippen molar-refractivity contribution in [3.05, 3.63) is 28.2 Å². The van der Waals surface area contributed by atoms with Crippen LogP contribution in [0.25, 0.3) is 0 Å². The molecule has 0 fully saturated rings. The Labute approximate surface area is 128 Å². The van der Waals surface area contributed by atoms with E-state index in [1.165, 1.54) is 4.90 Å². The highest BCUT2D eigenvalue weighted by Gasteiger charge is 2.09. The van der Waals surface area contributed by atoms with Crippen LogP contribution in [0.5, 0.6) is 5.75 Å². The summed E-state index contributed by atoms with van der Waals surface area (Å²) in [6, 6.07) is 5.76. The summed E-state index contributed by atoms with van der Waals surface area (Å²) < 4.78 is 6.39. The largest absolute Gasteiger partial charge is 0.490 e. The van der Waals surface area contributed by atoms with Crippen molar-refractivity contribution in [3.8, 4) is 5.75 Å². The van der Waals surface area contributed by atoms with Crippen LogP contribution in [0.3, 0.4) is 0 Å². The summed E-state index contributed by atoms with van der Waals surface area (Å²) in [5.74, 6) is 0.665. The molecule has 2 N–H and O–H groups in total. The van der Waals surface area contributed by atoms with Gasteiger partial charge in [0, 0.05) is 20.6 Å². The molecule has 1 amide bonds. The normalized spacial score (nSPS) is 12.1. The fourth-order valence-corrected chi connectivity index (χ4v) is 2.08. The minimum absolute atomic E-state index is 0.0283. The molecule has 0 aliphatic rings. The van der Waals surface area contributed by atoms with E-state index in [9.17, 15) is 9.90 Å². The highest BCUT2D eigenvalue weighted by atomic mass is 79.9. The lowest BCUT2D eigenvalue weighted by Gasteiger charge is -2.15. The van der Waals surface area contributed by atoms with Crippen molar-refractivity contribution in [1.29, 1.82) is 0 Å². The van der Waals surface area contributed by atoms with Gasteiger partial charge in [-0.1, -0.05) is 6.07 Å². The summed E-state index contributed by atoms with van der Waals surface area (Å²) in [6.45, 7) is 2.68. The molecular formula is C14H21BrN2O3. The van der Waals surface area contributed by atoms with Crippen LogP contribution in [0.2, 0.25) is 0 Å². The molecule has 0 saturated heterocycles. The van der Waals surface area contributed by atoms with Crippen molar-refractivity contribution in [2.24, 2.45) is 0 Å². The number of aryl methyl sites for hydroxylation is 1. The van der Waals surface area contributed by atoms with Crippen LogP contribution < -0.4 is 10.1 Å². The van der Waals surface area contributed by atoms with E-state index in [4.69, 9.17) is 4.74 Å². The molecule has 0 heterocycles. The molecule has 0 bridgehead atoms. The first kappa shape index (κ1) is 16.9. The SMILES string of the molecule is Cc1ccc(OCC(O)CNCC(=O)N(C)C)c(Br)c1. The van der Waals surface area contributed by atoms with Gasteiger partial charge in [0.1, 0.15) is 18.5 Å². The Morgan fingerprint density at radius 1 is 1.50 bits per heavy atom. The Hall–Kier alpha value is -1.11. The quantitative estimate of drug-likeness (QED) is 0.779. The zero-order valence-electron chi connectivity index (χ0n) is 12.0. The lowest BCUT2D eigenvalue weighted by molar-refractivity contribution is -0.127. The van der Waals surface area contributed by atoms with Gasteiger partial charge >= 0.3 is 0 Å². The maximum absolute atomic E-state index is 11.3. The van der Waals surface area contributed by atoms with Gasteiger partial charge in [-0.25, -0.2) is 0 Å². The number of likely N-dealkylation sites (N-methyl/N-ethyl adjacent to an activating group) is 1. The molecule has 5 nitrogen and oxygen atoms in total. The number of amides is 1. The molecule has 0 radical (unpaired) electrons. The Morgan fingerprint density at radius 2 is 2.20 bits per heavy atom. The van der Waals surface area contributed by atoms with Crippen LogP contribution in [-0.4, -0.2) is 55.8 Å². The number of halogens is 1. The van der Waals surface area contributed by atoms with Crippen molar-refractivity contribution in [1.82, 2.24) is 10.2 Å². The van der Waals surface area contributed by atoms with Crippen LogP contribution >= 0.6 is 15.9 Å². The molecule has 20 heavy (non-hydrogen) atoms. The van der Waals surface area contributed by atoms with Crippen molar-refractivity contribution in [2.75, 3.05) is 33.8 Å². The highest BCUT2D eigenvalue weighted by molar-refractivity contribution is 9.10. The van der Waals surface area contributed by atoms with Gasteiger partial charge in [0.25, 0.3) is 0 Å². The van der Waals surface area contributed by atoms with Crippen molar-refractivity contribution >= 4 is 21.8 Å². The molecule has 112 valence electrons. The minimum atomic E-state index is -0.668. The Kier molecular flexibility index (Phi) is 6.98. The average Bonchev–Trinajstić information content (AvgIpc) is 2.37. The first-order chi connectivity index (χ1) is 9.40. The predicted molar refractivity (Wildman–Crippen MR) is 81.9 cm³/mol. The molecule has 1 aromatic rings. The number of hydrogen-bond acceptors (Lipinski definition) is 4. The zero-order valence-corrected chi connectivity index (χ0v) is 13.6. The average molecular weight is 345 g/mol. The van der Waals surface area contributed by atoms with Gasteiger partial charge in [0.15, 0.2) is 0 Å². The fraction of sp³-hybridized carbons (Fsp3) is 0.500. The number of nitrogens with one attached hydrogen (secondary N) is 1. The van der Waals surface area contributed by atoms with E-state index in [-0.39, 0.29) is 19.1 Å². The van der Waals surface area contributed by atoms with E-state index >= 15 is 0 Å². The summed E-state index contributed by atoms with van der Waals surface area (Å²) in [5.41, 5.74) is 1.13. The van der Waals surface area contributed by atoms with E-state index in [0.717, 1.165) is 10.0 Å². The third-order valence-electron chi connectivity index (χ3n) is 2.67. The third kappa shape index (κ3) is 5.90. The van der Waals surface area contributed by atoms with Crippen LogP contribution in [0.1, 0.15) is 5.56 Å². The van der Waals surface area contributed by atoms with Crippen molar-refractivity contribution in [2.45, 2.75) is 13.0 Å². The van der Waals surface area contributed by atoms with E-state index in [1.54, 1.807) is 14.1 Å². The third-order valence-corrected chi connectivity index (χ3v) is 3.29. The fourth-order valence-electron chi connectivity index (χ4n) is 1.47. The van der Waals surface area contributed by atoms with Crippen LogP contribution in [-0.2, 0) is 4.79 Å². The second-order valence-electron chi connectivity index (χ2n) is 4.82. The lowest BCUT2D eigenvalue weighted by atomic mass is 10.2. The Morgan fingerprint density at radius 3 is 2.80 bits per heavy atom. The van der Waals surface area contributed by atoms with Gasteiger partial charge in [-0.2, -0.15) is 0 Å². The number of hydrogen-bond donors (Lipinski definition) is 2. The molecule has 0 saturated carbocycles. The maximum Gasteiger partial charge on any atom is 0.236 e. The van der Waals surface area contributed by atoms with Gasteiger partial charge < -0.3 is 20.1 Å². The summed E-state index contributed by atoms with van der Waals surface area (Å²) in [7, 11) is 3.39. The van der Waals surface area contributed by atoms with Crippen LogP contribution in [0.15, 0.2) is 22.7 Å². The number of carbonyl (C=O) groups excluding carboxylic acids is 1. The molecule has 6 heteroatoms. The molecule has 1 aromatic carbocycles. The molecule has 1 unspecified atom stereocenters. The predicted octanol–water partition coefficient (Wildman–Crippen LogP) is 1.18. The summed E-state index contributed by atoms with van der Waals surface area (Å²) >= 11 is 3.41. The van der Waals surface area contributed by atoms with Gasteiger partial charge in [-0.05, 0) is 40.5 Å². The van der Waals surface area contributed by atoms with E-state index in [1.807, 2.05) is 25.1 Å². The van der Waals surface area contributed by atoms with Gasteiger partial charge in [0.05, 0.1) is 11.0 Å². The van der Waals surface area contributed by atoms with Crippen molar-refractivity contribution < 1.29 is 14.6 Å².